The molecular weight excluding hydrogens is 270 g/mol. The molecule has 0 spiro atoms. The number of anilines is 1. The molecule has 0 saturated carbocycles. The van der Waals surface area contributed by atoms with E-state index >= 15 is 0 Å². The van der Waals surface area contributed by atoms with Crippen molar-refractivity contribution in [2.75, 3.05) is 25.1 Å². The van der Waals surface area contributed by atoms with Crippen LogP contribution in [0.4, 0.5) is 5.82 Å². The molecule has 2 heterocycles. The standard InChI is InChI=1S/C12H16ClN3O3/c1-2-18-11(17)9-7-15-12(13)16-10(9)14-6-8-4-3-5-19-8/h7-8H,2-6H2,1H3,(H,14,15,16). The average Bonchev–Trinajstić information content (AvgIpc) is 2.89. The van der Waals surface area contributed by atoms with Crippen LogP contribution in [-0.4, -0.2) is 41.8 Å². The van der Waals surface area contributed by atoms with Crippen molar-refractivity contribution in [1.82, 2.24) is 9.97 Å². The van der Waals surface area contributed by atoms with E-state index in [2.05, 4.69) is 15.3 Å². The number of hydrogen-bond donors (Lipinski definition) is 1. The van der Waals surface area contributed by atoms with Crippen molar-refractivity contribution in [2.45, 2.75) is 25.9 Å². The average molecular weight is 286 g/mol. The van der Waals surface area contributed by atoms with Crippen molar-refractivity contribution in [3.05, 3.63) is 17.0 Å². The van der Waals surface area contributed by atoms with E-state index in [4.69, 9.17) is 21.1 Å². The monoisotopic (exact) mass is 285 g/mol. The second-order valence-electron chi connectivity index (χ2n) is 4.14. The Morgan fingerprint density at radius 1 is 1.68 bits per heavy atom. The molecule has 104 valence electrons. The van der Waals surface area contributed by atoms with Crippen LogP contribution in [0.5, 0.6) is 0 Å². The van der Waals surface area contributed by atoms with Crippen molar-refractivity contribution in [2.24, 2.45) is 0 Å². The fraction of sp³-hybridized carbons (Fsp3) is 0.583. The van der Waals surface area contributed by atoms with Gasteiger partial charge in [-0.2, -0.15) is 4.98 Å². The van der Waals surface area contributed by atoms with Crippen LogP contribution in [0.3, 0.4) is 0 Å². The lowest BCUT2D eigenvalue weighted by molar-refractivity contribution is 0.0526. The zero-order valence-corrected chi connectivity index (χ0v) is 11.4. The first kappa shape index (κ1) is 14.0. The number of rotatable bonds is 5. The van der Waals surface area contributed by atoms with Crippen molar-refractivity contribution in [1.29, 1.82) is 0 Å². The maximum Gasteiger partial charge on any atom is 0.343 e. The van der Waals surface area contributed by atoms with Gasteiger partial charge in [-0.1, -0.05) is 0 Å². The minimum absolute atomic E-state index is 0.0860. The molecule has 0 amide bonds. The summed E-state index contributed by atoms with van der Waals surface area (Å²) in [7, 11) is 0. The minimum atomic E-state index is -0.464. The molecule has 1 aliphatic heterocycles. The van der Waals surface area contributed by atoms with Crippen LogP contribution in [0.2, 0.25) is 5.28 Å². The van der Waals surface area contributed by atoms with Gasteiger partial charge in [-0.3, -0.25) is 0 Å². The van der Waals surface area contributed by atoms with E-state index in [-0.39, 0.29) is 17.0 Å². The van der Waals surface area contributed by atoms with Gasteiger partial charge in [0.1, 0.15) is 11.4 Å². The van der Waals surface area contributed by atoms with E-state index in [1.54, 1.807) is 6.92 Å². The van der Waals surface area contributed by atoms with Crippen molar-refractivity contribution in [3.8, 4) is 0 Å². The molecule has 0 bridgehead atoms. The Bertz CT molecular complexity index is 450. The topological polar surface area (TPSA) is 73.3 Å². The largest absolute Gasteiger partial charge is 0.462 e. The van der Waals surface area contributed by atoms with Crippen molar-refractivity contribution in [3.63, 3.8) is 0 Å². The highest BCUT2D eigenvalue weighted by Gasteiger charge is 2.19. The quantitative estimate of drug-likeness (QED) is 0.658. The summed E-state index contributed by atoms with van der Waals surface area (Å²) >= 11 is 5.75. The highest BCUT2D eigenvalue weighted by Crippen LogP contribution is 2.17. The molecule has 1 aliphatic rings. The predicted octanol–water partition coefficient (Wildman–Crippen LogP) is 1.90. The van der Waals surface area contributed by atoms with Gasteiger partial charge >= 0.3 is 5.97 Å². The molecule has 0 radical (unpaired) electrons. The Balaban J connectivity index is 2.07. The first-order valence-electron chi connectivity index (χ1n) is 6.26. The minimum Gasteiger partial charge on any atom is -0.462 e. The first-order chi connectivity index (χ1) is 9.20. The van der Waals surface area contributed by atoms with E-state index in [1.165, 1.54) is 6.20 Å². The molecular formula is C12H16ClN3O3. The summed E-state index contributed by atoms with van der Waals surface area (Å²) in [5.41, 5.74) is 0.282. The normalized spacial score (nSPS) is 18.3. The van der Waals surface area contributed by atoms with Crippen molar-refractivity contribution >= 4 is 23.4 Å². The summed E-state index contributed by atoms with van der Waals surface area (Å²) in [6.45, 7) is 3.40. The highest BCUT2D eigenvalue weighted by molar-refractivity contribution is 6.28. The number of carbonyl (C=O) groups excluding carboxylic acids is 1. The number of hydrogen-bond acceptors (Lipinski definition) is 6. The molecule has 2 rings (SSSR count). The number of esters is 1. The van der Waals surface area contributed by atoms with Crippen LogP contribution in [0, 0.1) is 0 Å². The van der Waals surface area contributed by atoms with Gasteiger partial charge in [0.2, 0.25) is 5.28 Å². The lowest BCUT2D eigenvalue weighted by atomic mass is 10.2. The SMILES string of the molecule is CCOC(=O)c1cnc(Cl)nc1NCC1CCCO1. The number of aromatic nitrogens is 2. The van der Waals surface area contributed by atoms with Gasteiger partial charge in [0, 0.05) is 19.3 Å². The van der Waals surface area contributed by atoms with E-state index in [0.717, 1.165) is 19.4 Å². The summed E-state index contributed by atoms with van der Waals surface area (Å²) in [6, 6.07) is 0. The molecule has 1 N–H and O–H groups in total. The second kappa shape index (κ2) is 6.68. The lowest BCUT2D eigenvalue weighted by Crippen LogP contribution is -2.21. The molecule has 1 saturated heterocycles. The van der Waals surface area contributed by atoms with E-state index in [1.807, 2.05) is 0 Å². The summed E-state index contributed by atoms with van der Waals surface area (Å²) < 4.78 is 10.4. The molecule has 0 aliphatic carbocycles. The Kier molecular flexibility index (Phi) is 4.93. The summed E-state index contributed by atoms with van der Waals surface area (Å²) in [5, 5.41) is 3.16. The number of nitrogens with zero attached hydrogens (tertiary/aromatic N) is 2. The highest BCUT2D eigenvalue weighted by atomic mass is 35.5. The third-order valence-corrected chi connectivity index (χ3v) is 2.96. The van der Waals surface area contributed by atoms with Gasteiger partial charge in [0.15, 0.2) is 0 Å². The van der Waals surface area contributed by atoms with E-state index in [0.29, 0.717) is 19.0 Å². The van der Waals surface area contributed by atoms with Crippen LogP contribution in [0.1, 0.15) is 30.1 Å². The molecule has 7 heteroatoms. The molecule has 6 nitrogen and oxygen atoms in total. The Morgan fingerprint density at radius 2 is 2.53 bits per heavy atom. The maximum absolute atomic E-state index is 11.8. The third-order valence-electron chi connectivity index (χ3n) is 2.78. The molecule has 1 atom stereocenters. The first-order valence-corrected chi connectivity index (χ1v) is 6.63. The van der Waals surface area contributed by atoms with E-state index < -0.39 is 5.97 Å². The predicted molar refractivity (Wildman–Crippen MR) is 70.5 cm³/mol. The zero-order valence-electron chi connectivity index (χ0n) is 10.7. The number of carbonyl (C=O) groups is 1. The third kappa shape index (κ3) is 3.78. The Labute approximate surface area is 116 Å². The van der Waals surface area contributed by atoms with Gasteiger partial charge in [0.05, 0.1) is 12.7 Å². The summed E-state index contributed by atoms with van der Waals surface area (Å²) in [4.78, 5) is 19.6. The number of ether oxygens (including phenoxy) is 2. The molecule has 1 aromatic rings. The smallest absolute Gasteiger partial charge is 0.343 e. The van der Waals surface area contributed by atoms with Gasteiger partial charge in [-0.25, -0.2) is 9.78 Å². The van der Waals surface area contributed by atoms with Crippen molar-refractivity contribution < 1.29 is 14.3 Å². The van der Waals surface area contributed by atoms with Gasteiger partial charge in [-0.15, -0.1) is 0 Å². The summed E-state index contributed by atoms with van der Waals surface area (Å²) in [6.07, 6.45) is 3.57. The fourth-order valence-corrected chi connectivity index (χ4v) is 2.00. The maximum atomic E-state index is 11.8. The van der Waals surface area contributed by atoms with Gasteiger partial charge in [0.25, 0.3) is 0 Å². The summed E-state index contributed by atoms with van der Waals surface area (Å²) in [5.74, 6) is -0.0806. The van der Waals surface area contributed by atoms with Crippen LogP contribution >= 0.6 is 11.6 Å². The molecule has 1 unspecified atom stereocenters. The zero-order chi connectivity index (χ0) is 13.7. The molecule has 19 heavy (non-hydrogen) atoms. The number of nitrogens with one attached hydrogen (secondary N) is 1. The van der Waals surface area contributed by atoms with Crippen LogP contribution < -0.4 is 5.32 Å². The van der Waals surface area contributed by atoms with Gasteiger partial charge < -0.3 is 14.8 Å². The van der Waals surface area contributed by atoms with Gasteiger partial charge in [-0.05, 0) is 31.4 Å². The molecule has 1 aromatic heterocycles. The number of halogens is 1. The van der Waals surface area contributed by atoms with E-state index in [9.17, 15) is 4.79 Å². The lowest BCUT2D eigenvalue weighted by Gasteiger charge is -2.13. The molecule has 0 aromatic carbocycles. The second-order valence-corrected chi connectivity index (χ2v) is 4.48. The van der Waals surface area contributed by atoms with Crippen LogP contribution in [-0.2, 0) is 9.47 Å². The Hall–Kier alpha value is -1.40. The Morgan fingerprint density at radius 3 is 3.21 bits per heavy atom. The fourth-order valence-electron chi connectivity index (χ4n) is 1.87. The van der Waals surface area contributed by atoms with Crippen LogP contribution in [0.25, 0.3) is 0 Å². The molecule has 1 fully saturated rings. The van der Waals surface area contributed by atoms with Crippen LogP contribution in [0.15, 0.2) is 6.20 Å².